The quantitative estimate of drug-likeness (QED) is 0.511. The molecule has 11 heavy (non-hydrogen) atoms. The van der Waals surface area contributed by atoms with Crippen LogP contribution in [-0.2, 0) is 0 Å². The summed E-state index contributed by atoms with van der Waals surface area (Å²) in [5, 5.41) is 0. The van der Waals surface area contributed by atoms with Crippen LogP contribution < -0.4 is 0 Å². The summed E-state index contributed by atoms with van der Waals surface area (Å²) in [5.74, 6) is 2.24. The first-order chi connectivity index (χ1) is 5.33. The van der Waals surface area contributed by atoms with Gasteiger partial charge in [0.15, 0.2) is 0 Å². The summed E-state index contributed by atoms with van der Waals surface area (Å²) in [4.78, 5) is 2.66. The Morgan fingerprint density at radius 3 is 1.73 bits per heavy atom. The van der Waals surface area contributed by atoms with Gasteiger partial charge in [-0.1, -0.05) is 0 Å². The molecule has 0 atom stereocenters. The summed E-state index contributed by atoms with van der Waals surface area (Å²) in [6, 6.07) is 1.96. The number of hydrogen-bond acceptors (Lipinski definition) is 1. The molecule has 1 nitrogen and oxygen atoms in total. The molecular weight excluding hydrogens is 134 g/mol. The molecule has 0 unspecified atom stereocenters. The third-order valence-electron chi connectivity index (χ3n) is 4.24. The van der Waals surface area contributed by atoms with E-state index in [2.05, 4.69) is 11.9 Å². The van der Waals surface area contributed by atoms with E-state index in [1.807, 2.05) is 0 Å². The van der Waals surface area contributed by atoms with Crippen molar-refractivity contribution in [2.75, 3.05) is 7.05 Å². The lowest BCUT2D eigenvalue weighted by Crippen LogP contribution is -2.56. The first-order valence-electron chi connectivity index (χ1n) is 5.05. The van der Waals surface area contributed by atoms with Gasteiger partial charge in [-0.15, -0.1) is 0 Å². The summed E-state index contributed by atoms with van der Waals surface area (Å²) in [5.41, 5.74) is 0. The van der Waals surface area contributed by atoms with Crippen LogP contribution in [0.15, 0.2) is 0 Å². The standard InChI is InChI=1S/C10H17N/c1-11-9-3-7-2-8(5-9)6-10(11)4-7/h7-10H,2-6H2,1H3. The molecule has 0 radical (unpaired) electrons. The Morgan fingerprint density at radius 1 is 0.818 bits per heavy atom. The van der Waals surface area contributed by atoms with E-state index in [0.29, 0.717) is 0 Å². The molecule has 0 spiro atoms. The lowest BCUT2D eigenvalue weighted by atomic mass is 9.64. The van der Waals surface area contributed by atoms with E-state index in [0.717, 1.165) is 23.9 Å². The summed E-state index contributed by atoms with van der Waals surface area (Å²) < 4.78 is 0. The SMILES string of the molecule is CN1C2CC3CC(C2)CC1C3. The molecule has 4 bridgehead atoms. The maximum Gasteiger partial charge on any atom is 0.0100 e. The molecule has 0 N–H and O–H groups in total. The molecule has 0 aromatic heterocycles. The van der Waals surface area contributed by atoms with Crippen molar-refractivity contribution in [2.24, 2.45) is 11.8 Å². The largest absolute Gasteiger partial charge is 0.300 e. The minimum Gasteiger partial charge on any atom is -0.300 e. The van der Waals surface area contributed by atoms with Gasteiger partial charge < -0.3 is 4.90 Å². The molecule has 0 amide bonds. The molecule has 0 aromatic rings. The van der Waals surface area contributed by atoms with Gasteiger partial charge in [0.1, 0.15) is 0 Å². The highest BCUT2D eigenvalue weighted by atomic mass is 15.2. The summed E-state index contributed by atoms with van der Waals surface area (Å²) in [6.07, 6.45) is 7.64. The Kier molecular flexibility index (Phi) is 1.18. The zero-order chi connectivity index (χ0) is 7.42. The number of piperidine rings is 2. The van der Waals surface area contributed by atoms with E-state index in [1.165, 1.54) is 25.7 Å². The summed E-state index contributed by atoms with van der Waals surface area (Å²) in [7, 11) is 2.34. The molecule has 2 aliphatic heterocycles. The van der Waals surface area contributed by atoms with Gasteiger partial charge in [0, 0.05) is 12.1 Å². The Balaban J connectivity index is 1.91. The van der Waals surface area contributed by atoms with Gasteiger partial charge in [-0.25, -0.2) is 0 Å². The van der Waals surface area contributed by atoms with Crippen molar-refractivity contribution >= 4 is 0 Å². The van der Waals surface area contributed by atoms with Crippen LogP contribution >= 0.6 is 0 Å². The highest BCUT2D eigenvalue weighted by molar-refractivity contribution is 4.99. The van der Waals surface area contributed by atoms with Crippen molar-refractivity contribution in [3.63, 3.8) is 0 Å². The monoisotopic (exact) mass is 151 g/mol. The van der Waals surface area contributed by atoms with Crippen LogP contribution in [0.1, 0.15) is 32.1 Å². The molecule has 2 aliphatic carbocycles. The average molecular weight is 151 g/mol. The molecular formula is C10H17N. The fourth-order valence-electron chi connectivity index (χ4n) is 3.74. The van der Waals surface area contributed by atoms with Crippen LogP contribution in [0.4, 0.5) is 0 Å². The van der Waals surface area contributed by atoms with Crippen LogP contribution in [0.25, 0.3) is 0 Å². The lowest BCUT2D eigenvalue weighted by molar-refractivity contribution is -0.0428. The summed E-state index contributed by atoms with van der Waals surface area (Å²) >= 11 is 0. The van der Waals surface area contributed by atoms with Gasteiger partial charge in [0.2, 0.25) is 0 Å². The van der Waals surface area contributed by atoms with E-state index < -0.39 is 0 Å². The smallest absolute Gasteiger partial charge is 0.0100 e. The van der Waals surface area contributed by atoms with E-state index in [1.54, 1.807) is 6.42 Å². The number of hydrogen-bond donors (Lipinski definition) is 0. The second-order valence-electron chi connectivity index (χ2n) is 4.88. The van der Waals surface area contributed by atoms with Crippen molar-refractivity contribution in [3.05, 3.63) is 0 Å². The molecule has 4 aliphatic rings. The van der Waals surface area contributed by atoms with E-state index in [9.17, 15) is 0 Å². The van der Waals surface area contributed by atoms with Crippen LogP contribution in [0.2, 0.25) is 0 Å². The van der Waals surface area contributed by atoms with E-state index in [-0.39, 0.29) is 0 Å². The zero-order valence-corrected chi connectivity index (χ0v) is 7.29. The van der Waals surface area contributed by atoms with Crippen LogP contribution in [-0.4, -0.2) is 24.0 Å². The predicted molar refractivity (Wildman–Crippen MR) is 45.4 cm³/mol. The highest BCUT2D eigenvalue weighted by Crippen LogP contribution is 2.48. The molecule has 2 saturated carbocycles. The van der Waals surface area contributed by atoms with E-state index in [4.69, 9.17) is 0 Å². The van der Waals surface area contributed by atoms with Crippen molar-refractivity contribution < 1.29 is 0 Å². The van der Waals surface area contributed by atoms with Crippen LogP contribution in [0, 0.1) is 11.8 Å². The first kappa shape index (κ1) is 6.47. The van der Waals surface area contributed by atoms with Gasteiger partial charge >= 0.3 is 0 Å². The summed E-state index contributed by atoms with van der Waals surface area (Å²) in [6.45, 7) is 0. The molecule has 62 valence electrons. The predicted octanol–water partition coefficient (Wildman–Crippen LogP) is 1.88. The van der Waals surface area contributed by atoms with Gasteiger partial charge in [0.05, 0.1) is 0 Å². The maximum atomic E-state index is 2.66. The topological polar surface area (TPSA) is 3.24 Å². The molecule has 2 saturated heterocycles. The van der Waals surface area contributed by atoms with Gasteiger partial charge in [-0.2, -0.15) is 0 Å². The second-order valence-corrected chi connectivity index (χ2v) is 4.88. The van der Waals surface area contributed by atoms with Crippen molar-refractivity contribution in [1.82, 2.24) is 4.90 Å². The molecule has 4 rings (SSSR count). The Labute approximate surface area is 68.8 Å². The molecule has 2 heterocycles. The van der Waals surface area contributed by atoms with Crippen molar-refractivity contribution in [1.29, 1.82) is 0 Å². The Bertz CT molecular complexity index is 148. The second kappa shape index (κ2) is 2.01. The highest BCUT2D eigenvalue weighted by Gasteiger charge is 2.44. The normalized spacial score (nSPS) is 55.4. The molecule has 4 fully saturated rings. The third-order valence-corrected chi connectivity index (χ3v) is 4.24. The minimum absolute atomic E-state index is 0.978. The van der Waals surface area contributed by atoms with Crippen molar-refractivity contribution in [3.8, 4) is 0 Å². The van der Waals surface area contributed by atoms with Gasteiger partial charge in [-0.05, 0) is 51.0 Å². The van der Waals surface area contributed by atoms with E-state index >= 15 is 0 Å². The Morgan fingerprint density at radius 2 is 1.27 bits per heavy atom. The van der Waals surface area contributed by atoms with Gasteiger partial charge in [0.25, 0.3) is 0 Å². The Hall–Kier alpha value is -0.0400. The zero-order valence-electron chi connectivity index (χ0n) is 7.29. The fraction of sp³-hybridized carbons (Fsp3) is 1.00. The van der Waals surface area contributed by atoms with Crippen LogP contribution in [0.3, 0.4) is 0 Å². The van der Waals surface area contributed by atoms with Gasteiger partial charge in [-0.3, -0.25) is 0 Å². The first-order valence-corrected chi connectivity index (χ1v) is 5.05. The molecule has 1 heteroatoms. The van der Waals surface area contributed by atoms with Crippen LogP contribution in [0.5, 0.6) is 0 Å². The molecule has 0 aromatic carbocycles. The third kappa shape index (κ3) is 0.807. The minimum atomic E-state index is 0.978. The average Bonchev–Trinajstić information content (AvgIpc) is 1.98. The lowest BCUT2D eigenvalue weighted by Gasteiger charge is -2.55. The maximum absolute atomic E-state index is 2.66. The van der Waals surface area contributed by atoms with Crippen molar-refractivity contribution in [2.45, 2.75) is 44.2 Å². The number of nitrogens with zero attached hydrogens (tertiary/aromatic N) is 1. The fourth-order valence-corrected chi connectivity index (χ4v) is 3.74. The number of rotatable bonds is 0.